The van der Waals surface area contributed by atoms with Gasteiger partial charge in [0.05, 0.1) is 6.04 Å². The maximum atomic E-state index is 13.4. The van der Waals surface area contributed by atoms with Gasteiger partial charge in [-0.1, -0.05) is 13.5 Å². The van der Waals surface area contributed by atoms with E-state index < -0.39 is 29.5 Å². The molecule has 0 unspecified atom stereocenters. The zero-order chi connectivity index (χ0) is 18.3. The van der Waals surface area contributed by atoms with Gasteiger partial charge in [0.15, 0.2) is 0 Å². The molecule has 2 amide bonds. The second-order valence-corrected chi connectivity index (χ2v) is 5.59. The standard InChI is InChI=1S/C17H22F3N3O/c1-5-15(6-11(2)18)21-17(24)22-16(10-23(3)4)12-7-13(19)9-14(20)8-12/h6-9,16H,2,5,10H2,1,3-4H3,(H2,21,22,24)/b15-6+/t16-/m1/s1. The average Bonchev–Trinajstić information content (AvgIpc) is 2.43. The molecule has 0 saturated carbocycles. The molecule has 132 valence electrons. The number of allylic oxidation sites excluding steroid dienone is 3. The van der Waals surface area contributed by atoms with E-state index >= 15 is 0 Å². The molecular formula is C17H22F3N3O. The van der Waals surface area contributed by atoms with Gasteiger partial charge < -0.3 is 15.5 Å². The number of hydrogen-bond donors (Lipinski definition) is 2. The summed E-state index contributed by atoms with van der Waals surface area (Å²) in [4.78, 5) is 13.9. The number of likely N-dealkylation sites (N-methyl/N-ethyl adjacent to an activating group) is 1. The third-order valence-corrected chi connectivity index (χ3v) is 3.13. The number of carbonyl (C=O) groups is 1. The summed E-state index contributed by atoms with van der Waals surface area (Å²) in [5.41, 5.74) is 0.641. The summed E-state index contributed by atoms with van der Waals surface area (Å²) in [6.07, 6.45) is 1.51. The zero-order valence-corrected chi connectivity index (χ0v) is 14.0. The Bertz CT molecular complexity index is 609. The fraction of sp³-hybridized carbons (Fsp3) is 0.353. The lowest BCUT2D eigenvalue weighted by Gasteiger charge is -2.23. The summed E-state index contributed by atoms with van der Waals surface area (Å²) in [5.74, 6) is -2.12. The fourth-order valence-electron chi connectivity index (χ4n) is 2.13. The van der Waals surface area contributed by atoms with Crippen molar-refractivity contribution < 1.29 is 18.0 Å². The van der Waals surface area contributed by atoms with Crippen LogP contribution < -0.4 is 10.6 Å². The van der Waals surface area contributed by atoms with Gasteiger partial charge in [-0.2, -0.15) is 0 Å². The Kier molecular flexibility index (Phi) is 7.51. The number of halogens is 3. The number of nitrogens with one attached hydrogen (secondary N) is 2. The summed E-state index contributed by atoms with van der Waals surface area (Å²) in [6, 6.07) is 1.86. The molecule has 1 aromatic rings. The quantitative estimate of drug-likeness (QED) is 0.744. The minimum atomic E-state index is -0.723. The van der Waals surface area contributed by atoms with Crippen LogP contribution in [-0.4, -0.2) is 31.6 Å². The third kappa shape index (κ3) is 6.87. The van der Waals surface area contributed by atoms with Crippen LogP contribution in [0.2, 0.25) is 0 Å². The Morgan fingerprint density at radius 3 is 2.33 bits per heavy atom. The monoisotopic (exact) mass is 341 g/mol. The molecule has 1 aromatic carbocycles. The SMILES string of the molecule is C=C(F)/C=C(\CC)NC(=O)N[C@H](CN(C)C)c1cc(F)cc(F)c1. The molecule has 24 heavy (non-hydrogen) atoms. The number of hydrogen-bond acceptors (Lipinski definition) is 2. The van der Waals surface area contributed by atoms with Crippen LogP contribution in [0.15, 0.2) is 42.4 Å². The second kappa shape index (κ2) is 9.12. The van der Waals surface area contributed by atoms with Crippen molar-refractivity contribution in [2.75, 3.05) is 20.6 Å². The molecule has 1 atom stereocenters. The smallest absolute Gasteiger partial charge is 0.319 e. The minimum absolute atomic E-state index is 0.299. The highest BCUT2D eigenvalue weighted by molar-refractivity contribution is 5.76. The van der Waals surface area contributed by atoms with Crippen LogP contribution in [0, 0.1) is 11.6 Å². The molecule has 0 aliphatic carbocycles. The Labute approximate surface area is 140 Å². The van der Waals surface area contributed by atoms with Gasteiger partial charge in [-0.05, 0) is 44.3 Å². The highest BCUT2D eigenvalue weighted by atomic mass is 19.1. The Balaban J connectivity index is 2.93. The minimum Gasteiger partial charge on any atom is -0.330 e. The molecule has 0 aromatic heterocycles. The van der Waals surface area contributed by atoms with Crippen LogP contribution in [0.3, 0.4) is 0 Å². The lowest BCUT2D eigenvalue weighted by Crippen LogP contribution is -2.41. The van der Waals surface area contributed by atoms with Crippen LogP contribution in [-0.2, 0) is 0 Å². The zero-order valence-electron chi connectivity index (χ0n) is 14.0. The molecule has 0 heterocycles. The van der Waals surface area contributed by atoms with Crippen molar-refractivity contribution in [3.05, 3.63) is 59.6 Å². The number of rotatable bonds is 7. The van der Waals surface area contributed by atoms with Crippen LogP contribution in [0.1, 0.15) is 24.9 Å². The largest absolute Gasteiger partial charge is 0.330 e. The van der Waals surface area contributed by atoms with Crippen molar-refractivity contribution >= 4 is 6.03 Å². The molecule has 7 heteroatoms. The van der Waals surface area contributed by atoms with Crippen molar-refractivity contribution in [3.63, 3.8) is 0 Å². The molecule has 0 aliphatic heterocycles. The van der Waals surface area contributed by atoms with E-state index in [0.717, 1.165) is 24.3 Å². The highest BCUT2D eigenvalue weighted by Gasteiger charge is 2.18. The van der Waals surface area contributed by atoms with Gasteiger partial charge in [-0.15, -0.1) is 0 Å². The first-order valence-electron chi connectivity index (χ1n) is 7.44. The molecule has 0 spiro atoms. The fourth-order valence-corrected chi connectivity index (χ4v) is 2.13. The van der Waals surface area contributed by atoms with Crippen LogP contribution in [0.25, 0.3) is 0 Å². The number of nitrogens with zero attached hydrogens (tertiary/aromatic N) is 1. The predicted molar refractivity (Wildman–Crippen MR) is 87.9 cm³/mol. The van der Waals surface area contributed by atoms with Crippen LogP contribution in [0.5, 0.6) is 0 Å². The van der Waals surface area contributed by atoms with Crippen molar-refractivity contribution in [1.82, 2.24) is 15.5 Å². The van der Waals surface area contributed by atoms with Crippen LogP contribution >= 0.6 is 0 Å². The van der Waals surface area contributed by atoms with Gasteiger partial charge in [0.2, 0.25) is 0 Å². The van der Waals surface area contributed by atoms with Crippen molar-refractivity contribution in [2.45, 2.75) is 19.4 Å². The number of carbonyl (C=O) groups excluding carboxylic acids is 1. The van der Waals surface area contributed by atoms with E-state index in [0.29, 0.717) is 24.2 Å². The lowest BCUT2D eigenvalue weighted by molar-refractivity contribution is 0.235. The van der Waals surface area contributed by atoms with Crippen molar-refractivity contribution in [3.8, 4) is 0 Å². The number of urea groups is 1. The lowest BCUT2D eigenvalue weighted by atomic mass is 10.1. The van der Waals surface area contributed by atoms with Gasteiger partial charge in [0.1, 0.15) is 17.5 Å². The first-order valence-corrected chi connectivity index (χ1v) is 7.44. The van der Waals surface area contributed by atoms with E-state index in [1.54, 1.807) is 25.9 Å². The van der Waals surface area contributed by atoms with E-state index in [-0.39, 0.29) is 0 Å². The first-order chi connectivity index (χ1) is 11.2. The summed E-state index contributed by atoms with van der Waals surface area (Å²) in [6.45, 7) is 5.19. The molecule has 0 bridgehead atoms. The highest BCUT2D eigenvalue weighted by Crippen LogP contribution is 2.17. The summed E-state index contributed by atoms with van der Waals surface area (Å²) in [5, 5.41) is 5.14. The molecule has 0 fully saturated rings. The second-order valence-electron chi connectivity index (χ2n) is 5.59. The first kappa shape index (κ1) is 19.8. The van der Waals surface area contributed by atoms with E-state index in [1.165, 1.54) is 0 Å². The van der Waals surface area contributed by atoms with E-state index in [9.17, 15) is 18.0 Å². The average molecular weight is 341 g/mol. The molecule has 0 aliphatic rings. The van der Waals surface area contributed by atoms with Gasteiger partial charge in [0, 0.05) is 18.3 Å². The van der Waals surface area contributed by atoms with Crippen LogP contribution in [0.4, 0.5) is 18.0 Å². The van der Waals surface area contributed by atoms with E-state index in [2.05, 4.69) is 17.2 Å². The Morgan fingerprint density at radius 2 is 1.88 bits per heavy atom. The summed E-state index contributed by atoms with van der Waals surface area (Å²) in [7, 11) is 3.54. The predicted octanol–water partition coefficient (Wildman–Crippen LogP) is 3.64. The summed E-state index contributed by atoms with van der Waals surface area (Å²) >= 11 is 0. The molecular weight excluding hydrogens is 319 g/mol. The van der Waals surface area contributed by atoms with Gasteiger partial charge in [0.25, 0.3) is 0 Å². The normalized spacial score (nSPS) is 12.9. The summed E-state index contributed by atoms with van der Waals surface area (Å²) < 4.78 is 39.7. The van der Waals surface area contributed by atoms with Gasteiger partial charge >= 0.3 is 6.03 Å². The molecule has 2 N–H and O–H groups in total. The molecule has 0 saturated heterocycles. The number of benzene rings is 1. The van der Waals surface area contributed by atoms with E-state index in [1.807, 2.05) is 0 Å². The van der Waals surface area contributed by atoms with E-state index in [4.69, 9.17) is 0 Å². The molecule has 4 nitrogen and oxygen atoms in total. The Morgan fingerprint density at radius 1 is 1.29 bits per heavy atom. The maximum Gasteiger partial charge on any atom is 0.319 e. The topological polar surface area (TPSA) is 44.4 Å². The van der Waals surface area contributed by atoms with Gasteiger partial charge in [-0.3, -0.25) is 0 Å². The third-order valence-electron chi connectivity index (χ3n) is 3.13. The Hall–Kier alpha value is -2.28. The van der Waals surface area contributed by atoms with Crippen molar-refractivity contribution in [1.29, 1.82) is 0 Å². The molecule has 0 radical (unpaired) electrons. The van der Waals surface area contributed by atoms with Crippen molar-refractivity contribution in [2.24, 2.45) is 0 Å². The van der Waals surface area contributed by atoms with Gasteiger partial charge in [-0.25, -0.2) is 18.0 Å². The molecule has 1 rings (SSSR count). The number of amides is 2. The maximum absolute atomic E-state index is 13.4.